The van der Waals surface area contributed by atoms with E-state index in [2.05, 4.69) is 4.98 Å². The standard InChI is InChI=1S/C20H11ClN2O5/c21-12-4-3-5-13(10-12)27-14-8-9-17(22-11-14)20(26)28-23-18(24)15-6-1-2-7-16(15)19(23)25/h1-11H. The summed E-state index contributed by atoms with van der Waals surface area (Å²) in [7, 11) is 0. The number of hydroxylamine groups is 2. The number of benzene rings is 2. The number of rotatable bonds is 4. The first-order chi connectivity index (χ1) is 13.5. The van der Waals surface area contributed by atoms with Gasteiger partial charge in [0.05, 0.1) is 17.3 Å². The van der Waals surface area contributed by atoms with Crippen LogP contribution in [0.5, 0.6) is 11.5 Å². The molecule has 3 aromatic rings. The van der Waals surface area contributed by atoms with Crippen LogP contribution in [0, 0.1) is 0 Å². The highest BCUT2D eigenvalue weighted by Gasteiger charge is 2.38. The quantitative estimate of drug-likeness (QED) is 0.624. The van der Waals surface area contributed by atoms with Crippen LogP contribution in [0.4, 0.5) is 0 Å². The molecular weight excluding hydrogens is 384 g/mol. The molecule has 0 spiro atoms. The number of carbonyl (C=O) groups is 3. The van der Waals surface area contributed by atoms with Crippen LogP contribution in [0.1, 0.15) is 31.2 Å². The van der Waals surface area contributed by atoms with Crippen LogP contribution in [0.3, 0.4) is 0 Å². The summed E-state index contributed by atoms with van der Waals surface area (Å²) in [4.78, 5) is 45.6. The maximum absolute atomic E-state index is 12.3. The number of halogens is 1. The Bertz CT molecular complexity index is 1060. The first-order valence-electron chi connectivity index (χ1n) is 8.12. The van der Waals surface area contributed by atoms with Gasteiger partial charge in [-0.3, -0.25) is 9.59 Å². The monoisotopic (exact) mass is 394 g/mol. The Labute approximate surface area is 164 Å². The van der Waals surface area contributed by atoms with Gasteiger partial charge in [0.2, 0.25) is 0 Å². The molecule has 28 heavy (non-hydrogen) atoms. The third-order valence-electron chi connectivity index (χ3n) is 3.91. The van der Waals surface area contributed by atoms with Gasteiger partial charge in [-0.1, -0.05) is 34.9 Å². The smallest absolute Gasteiger partial charge is 0.382 e. The van der Waals surface area contributed by atoms with Crippen LogP contribution in [0.15, 0.2) is 66.9 Å². The number of aromatic nitrogens is 1. The van der Waals surface area contributed by atoms with Crippen molar-refractivity contribution in [1.82, 2.24) is 10.0 Å². The minimum atomic E-state index is -0.941. The maximum Gasteiger partial charge on any atom is 0.382 e. The van der Waals surface area contributed by atoms with Gasteiger partial charge in [-0.15, -0.1) is 0 Å². The highest BCUT2D eigenvalue weighted by Crippen LogP contribution is 2.25. The highest BCUT2D eigenvalue weighted by molar-refractivity contribution is 6.30. The SMILES string of the molecule is O=C(ON1C(=O)c2ccccc2C1=O)c1ccc(Oc2cccc(Cl)c2)cn1. The van der Waals surface area contributed by atoms with Gasteiger partial charge >= 0.3 is 5.97 Å². The third kappa shape index (κ3) is 3.30. The lowest BCUT2D eigenvalue weighted by atomic mass is 10.1. The lowest BCUT2D eigenvalue weighted by Gasteiger charge is -2.12. The molecular formula is C20H11ClN2O5. The van der Waals surface area contributed by atoms with E-state index >= 15 is 0 Å². The lowest BCUT2D eigenvalue weighted by Crippen LogP contribution is -2.32. The molecule has 0 saturated carbocycles. The van der Waals surface area contributed by atoms with Gasteiger partial charge in [-0.25, -0.2) is 9.78 Å². The fourth-order valence-corrected chi connectivity index (χ4v) is 2.79. The minimum Gasteiger partial charge on any atom is -0.456 e. The van der Waals surface area contributed by atoms with E-state index in [1.54, 1.807) is 36.4 Å². The van der Waals surface area contributed by atoms with Gasteiger partial charge in [0, 0.05) is 5.02 Å². The molecule has 0 aliphatic carbocycles. The predicted octanol–water partition coefficient (Wildman–Crippen LogP) is 3.90. The summed E-state index contributed by atoms with van der Waals surface area (Å²) in [5, 5.41) is 0.956. The van der Waals surface area contributed by atoms with E-state index in [0.717, 1.165) is 0 Å². The molecule has 2 heterocycles. The van der Waals surface area contributed by atoms with E-state index in [-0.39, 0.29) is 16.8 Å². The summed E-state index contributed by atoms with van der Waals surface area (Å²) in [6, 6.07) is 15.9. The number of amides is 2. The summed E-state index contributed by atoms with van der Waals surface area (Å²) in [5.74, 6) is -1.45. The number of nitrogens with zero attached hydrogens (tertiary/aromatic N) is 2. The molecule has 0 fully saturated rings. The lowest BCUT2D eigenvalue weighted by molar-refractivity contribution is -0.0588. The number of ether oxygens (including phenoxy) is 1. The zero-order valence-electron chi connectivity index (χ0n) is 14.2. The van der Waals surface area contributed by atoms with E-state index in [9.17, 15) is 14.4 Å². The van der Waals surface area contributed by atoms with Gasteiger partial charge in [0.15, 0.2) is 5.69 Å². The average molecular weight is 395 g/mol. The Morgan fingerprint density at radius 1 is 0.893 bits per heavy atom. The summed E-state index contributed by atoms with van der Waals surface area (Å²) in [5.41, 5.74) is 0.270. The Morgan fingerprint density at radius 2 is 1.61 bits per heavy atom. The molecule has 0 unspecified atom stereocenters. The topological polar surface area (TPSA) is 85.8 Å². The normalized spacial score (nSPS) is 12.7. The molecule has 4 rings (SSSR count). The van der Waals surface area contributed by atoms with Gasteiger partial charge < -0.3 is 9.57 Å². The van der Waals surface area contributed by atoms with Gasteiger partial charge in [0.25, 0.3) is 11.8 Å². The molecule has 0 N–H and O–H groups in total. The molecule has 0 atom stereocenters. The largest absolute Gasteiger partial charge is 0.456 e. The molecule has 0 saturated heterocycles. The van der Waals surface area contributed by atoms with Crippen LogP contribution in [-0.4, -0.2) is 27.8 Å². The van der Waals surface area contributed by atoms with E-state index in [0.29, 0.717) is 21.6 Å². The Kier molecular flexibility index (Phi) is 4.50. The van der Waals surface area contributed by atoms with Crippen LogP contribution >= 0.6 is 11.6 Å². The molecule has 8 heteroatoms. The van der Waals surface area contributed by atoms with Crippen molar-refractivity contribution in [1.29, 1.82) is 0 Å². The van der Waals surface area contributed by atoms with Crippen molar-refractivity contribution in [2.24, 2.45) is 0 Å². The molecule has 1 aliphatic heterocycles. The second-order valence-corrected chi connectivity index (χ2v) is 6.20. The van der Waals surface area contributed by atoms with Crippen LogP contribution in [-0.2, 0) is 4.84 Å². The number of hydrogen-bond acceptors (Lipinski definition) is 6. The van der Waals surface area contributed by atoms with E-state index in [4.69, 9.17) is 21.2 Å². The van der Waals surface area contributed by atoms with Gasteiger partial charge in [0.1, 0.15) is 11.5 Å². The Hall–Kier alpha value is -3.71. The van der Waals surface area contributed by atoms with Crippen LogP contribution in [0.25, 0.3) is 0 Å². The molecule has 138 valence electrons. The second-order valence-electron chi connectivity index (χ2n) is 5.77. The molecule has 7 nitrogen and oxygen atoms in total. The van der Waals surface area contributed by atoms with Gasteiger partial charge in [-0.05, 0) is 42.5 Å². The van der Waals surface area contributed by atoms with Gasteiger partial charge in [-0.2, -0.15) is 0 Å². The second kappa shape index (κ2) is 7.13. The summed E-state index contributed by atoms with van der Waals surface area (Å²) >= 11 is 5.90. The zero-order valence-corrected chi connectivity index (χ0v) is 14.9. The number of hydrogen-bond donors (Lipinski definition) is 0. The first kappa shape index (κ1) is 17.7. The van der Waals surface area contributed by atoms with Crippen molar-refractivity contribution < 1.29 is 24.0 Å². The van der Waals surface area contributed by atoms with Crippen molar-refractivity contribution in [3.8, 4) is 11.5 Å². The number of fused-ring (bicyclic) bond motifs is 1. The maximum atomic E-state index is 12.3. The van der Waals surface area contributed by atoms with Crippen molar-refractivity contribution in [2.45, 2.75) is 0 Å². The van der Waals surface area contributed by atoms with Crippen molar-refractivity contribution >= 4 is 29.4 Å². The third-order valence-corrected chi connectivity index (χ3v) is 4.14. The molecule has 1 aliphatic rings. The molecule has 0 bridgehead atoms. The van der Waals surface area contributed by atoms with E-state index < -0.39 is 17.8 Å². The Balaban J connectivity index is 1.46. The Morgan fingerprint density at radius 3 is 2.21 bits per heavy atom. The van der Waals surface area contributed by atoms with Crippen LogP contribution in [0.2, 0.25) is 5.02 Å². The number of pyridine rings is 1. The molecule has 2 amide bonds. The highest BCUT2D eigenvalue weighted by atomic mass is 35.5. The number of carbonyl (C=O) groups excluding carboxylic acids is 3. The fraction of sp³-hybridized carbons (Fsp3) is 0. The van der Waals surface area contributed by atoms with Crippen molar-refractivity contribution in [2.75, 3.05) is 0 Å². The molecule has 2 aromatic carbocycles. The predicted molar refractivity (Wildman–Crippen MR) is 98.1 cm³/mol. The summed E-state index contributed by atoms with van der Waals surface area (Å²) in [6.45, 7) is 0. The number of imide groups is 1. The summed E-state index contributed by atoms with van der Waals surface area (Å²) < 4.78 is 5.59. The molecule has 0 radical (unpaired) electrons. The van der Waals surface area contributed by atoms with Crippen molar-refractivity contribution in [3.63, 3.8) is 0 Å². The van der Waals surface area contributed by atoms with Crippen LogP contribution < -0.4 is 4.74 Å². The van der Waals surface area contributed by atoms with Crippen molar-refractivity contribution in [3.05, 3.63) is 88.7 Å². The first-order valence-corrected chi connectivity index (χ1v) is 8.50. The van der Waals surface area contributed by atoms with E-state index in [1.807, 2.05) is 0 Å². The molecule has 1 aromatic heterocycles. The minimum absolute atomic E-state index is 0.0880. The van der Waals surface area contributed by atoms with E-state index in [1.165, 1.54) is 30.5 Å². The fourth-order valence-electron chi connectivity index (χ4n) is 2.61. The summed E-state index contributed by atoms with van der Waals surface area (Å²) in [6.07, 6.45) is 1.32. The average Bonchev–Trinajstić information content (AvgIpc) is 2.94. The zero-order chi connectivity index (χ0) is 19.7.